The fourth-order valence-corrected chi connectivity index (χ4v) is 1.87. The summed E-state index contributed by atoms with van der Waals surface area (Å²) >= 11 is 0. The van der Waals surface area contributed by atoms with Crippen LogP contribution in [0, 0.1) is 0 Å². The summed E-state index contributed by atoms with van der Waals surface area (Å²) in [5.74, 6) is 0.901. The van der Waals surface area contributed by atoms with Crippen LogP contribution in [0.4, 0.5) is 8.78 Å². The van der Waals surface area contributed by atoms with Gasteiger partial charge in [-0.15, -0.1) is 0 Å². The van der Waals surface area contributed by atoms with Crippen molar-refractivity contribution in [3.63, 3.8) is 0 Å². The van der Waals surface area contributed by atoms with Crippen molar-refractivity contribution < 1.29 is 8.78 Å². The van der Waals surface area contributed by atoms with Gasteiger partial charge < -0.3 is 0 Å². The van der Waals surface area contributed by atoms with Crippen LogP contribution in [0.25, 0.3) is 0 Å². The van der Waals surface area contributed by atoms with Crippen molar-refractivity contribution in [3.05, 3.63) is 35.4 Å². The maximum Gasteiger partial charge on any atom is 0.263 e. The monoisotopic (exact) mass is 265 g/mol. The highest BCUT2D eigenvalue weighted by Crippen LogP contribution is 2.18. The van der Waals surface area contributed by atoms with Gasteiger partial charge in [0, 0.05) is 18.5 Å². The molecule has 1 aliphatic heterocycles. The third-order valence-electron chi connectivity index (χ3n) is 2.97. The molecule has 5 heteroatoms. The molecule has 1 aliphatic rings. The van der Waals surface area contributed by atoms with Gasteiger partial charge in [-0.25, -0.2) is 8.78 Å². The lowest BCUT2D eigenvalue weighted by Crippen LogP contribution is -2.17. The first kappa shape index (κ1) is 13.6. The van der Waals surface area contributed by atoms with Crippen molar-refractivity contribution in [2.75, 3.05) is 6.54 Å². The van der Waals surface area contributed by atoms with E-state index in [1.165, 1.54) is 18.6 Å². The van der Waals surface area contributed by atoms with Crippen LogP contribution in [0.3, 0.4) is 0 Å². The maximum atomic E-state index is 12.4. The Balaban J connectivity index is 1.89. The molecule has 0 saturated carbocycles. The number of rotatable bonds is 3. The molecule has 0 radical (unpaired) electrons. The summed E-state index contributed by atoms with van der Waals surface area (Å²) in [4.78, 5) is 4.38. The lowest BCUT2D eigenvalue weighted by molar-refractivity contribution is 0.151. The lowest BCUT2D eigenvalue weighted by Gasteiger charge is -2.02. The molecule has 3 nitrogen and oxygen atoms in total. The molecule has 1 N–H and O–H groups in total. The molecule has 1 aromatic rings. The van der Waals surface area contributed by atoms with E-state index in [0.717, 1.165) is 37.2 Å². The highest BCUT2D eigenvalue weighted by Gasteiger charge is 2.05. The zero-order valence-corrected chi connectivity index (χ0v) is 10.6. The molecule has 2 rings (SSSR count). The van der Waals surface area contributed by atoms with Crippen LogP contribution in [0.5, 0.6) is 0 Å². The molecule has 102 valence electrons. The van der Waals surface area contributed by atoms with Gasteiger partial charge in [-0.3, -0.25) is 10.4 Å². The number of nitrogens with zero attached hydrogens (tertiary/aromatic N) is 2. The van der Waals surface area contributed by atoms with Crippen LogP contribution in [0.15, 0.2) is 34.4 Å². The Morgan fingerprint density at radius 3 is 2.68 bits per heavy atom. The van der Waals surface area contributed by atoms with E-state index in [2.05, 4.69) is 15.5 Å². The first-order chi connectivity index (χ1) is 9.25. The molecule has 0 spiro atoms. The minimum Gasteiger partial charge on any atom is -0.271 e. The Morgan fingerprint density at radius 1 is 1.16 bits per heavy atom. The van der Waals surface area contributed by atoms with Gasteiger partial charge in [-0.1, -0.05) is 30.7 Å². The Hall–Kier alpha value is -1.78. The van der Waals surface area contributed by atoms with Crippen molar-refractivity contribution in [1.82, 2.24) is 5.43 Å². The SMILES string of the molecule is FC(F)c1ccc(C=NNC2=NCCCCC2)cc1. The summed E-state index contributed by atoms with van der Waals surface area (Å²) < 4.78 is 24.7. The zero-order valence-electron chi connectivity index (χ0n) is 10.6. The van der Waals surface area contributed by atoms with Crippen molar-refractivity contribution in [2.45, 2.75) is 32.1 Å². The minimum atomic E-state index is -2.43. The summed E-state index contributed by atoms with van der Waals surface area (Å²) in [7, 11) is 0. The van der Waals surface area contributed by atoms with Crippen molar-refractivity contribution >= 4 is 12.1 Å². The number of benzene rings is 1. The fourth-order valence-electron chi connectivity index (χ4n) is 1.87. The number of nitrogens with one attached hydrogen (secondary N) is 1. The average Bonchev–Trinajstić information content (AvgIpc) is 2.68. The second-order valence-corrected chi connectivity index (χ2v) is 4.48. The van der Waals surface area contributed by atoms with Gasteiger partial charge in [0.1, 0.15) is 5.84 Å². The largest absolute Gasteiger partial charge is 0.271 e. The molecule has 0 unspecified atom stereocenters. The van der Waals surface area contributed by atoms with Gasteiger partial charge in [0.2, 0.25) is 0 Å². The predicted molar refractivity (Wildman–Crippen MR) is 72.9 cm³/mol. The van der Waals surface area contributed by atoms with Gasteiger partial charge in [0.25, 0.3) is 6.43 Å². The molecule has 1 aromatic carbocycles. The van der Waals surface area contributed by atoms with Gasteiger partial charge in [-0.05, 0) is 18.4 Å². The van der Waals surface area contributed by atoms with E-state index in [0.29, 0.717) is 0 Å². The average molecular weight is 265 g/mol. The zero-order chi connectivity index (χ0) is 13.5. The number of amidine groups is 1. The first-order valence-corrected chi connectivity index (χ1v) is 6.46. The topological polar surface area (TPSA) is 36.8 Å². The number of hydrogen-bond acceptors (Lipinski definition) is 3. The number of hydrazone groups is 1. The Bertz CT molecular complexity index is 452. The first-order valence-electron chi connectivity index (χ1n) is 6.46. The van der Waals surface area contributed by atoms with E-state index in [9.17, 15) is 8.78 Å². The number of aliphatic imine (C=N–C) groups is 1. The number of hydrogen-bond donors (Lipinski definition) is 1. The summed E-state index contributed by atoms with van der Waals surface area (Å²) in [5.41, 5.74) is 3.73. The van der Waals surface area contributed by atoms with Crippen LogP contribution in [-0.2, 0) is 0 Å². The van der Waals surface area contributed by atoms with Crippen molar-refractivity contribution in [3.8, 4) is 0 Å². The summed E-state index contributed by atoms with van der Waals surface area (Å²) in [5, 5.41) is 4.09. The highest BCUT2D eigenvalue weighted by atomic mass is 19.3. The molecule has 0 fully saturated rings. The quantitative estimate of drug-likeness (QED) is 0.659. The standard InChI is InChI=1S/C14H17F2N3/c15-14(16)12-7-5-11(6-8-12)10-18-19-13-4-2-1-3-9-17-13/h5-8,10,14H,1-4,9H2,(H,17,19). The van der Waals surface area contributed by atoms with E-state index in [1.54, 1.807) is 18.3 Å². The van der Waals surface area contributed by atoms with Crippen molar-refractivity contribution in [1.29, 1.82) is 0 Å². The van der Waals surface area contributed by atoms with Crippen molar-refractivity contribution in [2.24, 2.45) is 10.1 Å². The second kappa shape index (κ2) is 6.97. The minimum absolute atomic E-state index is 0.0262. The smallest absolute Gasteiger partial charge is 0.263 e. The van der Waals surface area contributed by atoms with Gasteiger partial charge >= 0.3 is 0 Å². The number of alkyl halides is 2. The molecule has 0 atom stereocenters. The summed E-state index contributed by atoms with van der Waals surface area (Å²) in [6.45, 7) is 0.848. The third-order valence-corrected chi connectivity index (χ3v) is 2.97. The van der Waals surface area contributed by atoms with E-state index in [4.69, 9.17) is 0 Å². The molecule has 0 amide bonds. The maximum absolute atomic E-state index is 12.4. The molecule has 0 bridgehead atoms. The van der Waals surface area contributed by atoms with Gasteiger partial charge in [-0.2, -0.15) is 5.10 Å². The molecular weight excluding hydrogens is 248 g/mol. The fraction of sp³-hybridized carbons (Fsp3) is 0.429. The molecule has 0 saturated heterocycles. The van der Waals surface area contributed by atoms with E-state index in [-0.39, 0.29) is 5.56 Å². The van der Waals surface area contributed by atoms with Crippen LogP contribution in [0.1, 0.15) is 43.2 Å². The molecular formula is C14H17F2N3. The van der Waals surface area contributed by atoms with Crippen LogP contribution < -0.4 is 5.43 Å². The molecule has 0 aromatic heterocycles. The van der Waals surface area contributed by atoms with Crippen LogP contribution in [-0.4, -0.2) is 18.6 Å². The third kappa shape index (κ3) is 4.43. The van der Waals surface area contributed by atoms with E-state index in [1.807, 2.05) is 0 Å². The van der Waals surface area contributed by atoms with Gasteiger partial charge in [0.15, 0.2) is 0 Å². The molecule has 19 heavy (non-hydrogen) atoms. The van der Waals surface area contributed by atoms with E-state index < -0.39 is 6.43 Å². The van der Waals surface area contributed by atoms with E-state index >= 15 is 0 Å². The van der Waals surface area contributed by atoms with Crippen LogP contribution >= 0.6 is 0 Å². The highest BCUT2D eigenvalue weighted by molar-refractivity contribution is 5.85. The second-order valence-electron chi connectivity index (χ2n) is 4.48. The Morgan fingerprint density at radius 2 is 1.95 bits per heavy atom. The van der Waals surface area contributed by atoms with Gasteiger partial charge in [0.05, 0.1) is 6.21 Å². The Labute approximate surface area is 111 Å². The lowest BCUT2D eigenvalue weighted by atomic mass is 10.1. The summed E-state index contributed by atoms with van der Waals surface area (Å²) in [6, 6.07) is 6.08. The van der Waals surface area contributed by atoms with Crippen LogP contribution in [0.2, 0.25) is 0 Å². The molecule has 1 heterocycles. The normalized spacial score (nSPS) is 16.5. The number of halogens is 2. The Kier molecular flexibility index (Phi) is 5.01. The molecule has 0 aliphatic carbocycles. The summed E-state index contributed by atoms with van der Waals surface area (Å²) in [6.07, 6.45) is 3.57. The predicted octanol–water partition coefficient (Wildman–Crippen LogP) is 3.52.